The molecule has 8 heteroatoms. The van der Waals surface area contributed by atoms with Crippen molar-refractivity contribution in [1.82, 2.24) is 14.9 Å². The van der Waals surface area contributed by atoms with Gasteiger partial charge in [-0.3, -0.25) is 15.0 Å². The number of para-hydroxylation sites is 1. The fourth-order valence-electron chi connectivity index (χ4n) is 4.24. The van der Waals surface area contributed by atoms with E-state index in [4.69, 9.17) is 19.4 Å². The maximum absolute atomic E-state index is 13.4. The highest BCUT2D eigenvalue weighted by atomic mass is 32.1. The van der Waals surface area contributed by atoms with Gasteiger partial charge in [-0.1, -0.05) is 25.1 Å². The minimum atomic E-state index is -0.196. The number of benzene rings is 2. The van der Waals surface area contributed by atoms with Gasteiger partial charge in [0, 0.05) is 35.3 Å². The summed E-state index contributed by atoms with van der Waals surface area (Å²) >= 11 is 1.56. The van der Waals surface area contributed by atoms with E-state index in [1.807, 2.05) is 48.5 Å². The smallest absolute Gasteiger partial charge is 0.258 e. The lowest BCUT2D eigenvalue weighted by atomic mass is 10.0. The van der Waals surface area contributed by atoms with Crippen LogP contribution < -0.4 is 14.8 Å². The summed E-state index contributed by atoms with van der Waals surface area (Å²) in [5, 5.41) is 4.47. The van der Waals surface area contributed by atoms with Crippen LogP contribution in [0.1, 0.15) is 27.9 Å². The number of likely N-dealkylation sites (N-methyl/N-ethyl adjacent to an activating group) is 1. The van der Waals surface area contributed by atoms with Gasteiger partial charge in [-0.25, -0.2) is 9.97 Å². The number of hydrogen-bond acceptors (Lipinski definition) is 7. The molecule has 34 heavy (non-hydrogen) atoms. The van der Waals surface area contributed by atoms with Crippen LogP contribution in [-0.2, 0) is 13.0 Å². The first-order valence-corrected chi connectivity index (χ1v) is 12.1. The van der Waals surface area contributed by atoms with Gasteiger partial charge in [0.15, 0.2) is 16.6 Å². The molecule has 174 valence electrons. The minimum absolute atomic E-state index is 0.196. The molecule has 4 aromatic rings. The van der Waals surface area contributed by atoms with Crippen molar-refractivity contribution in [2.75, 3.05) is 32.6 Å². The Morgan fingerprint density at radius 1 is 1.09 bits per heavy atom. The monoisotopic (exact) mass is 474 g/mol. The third-order valence-corrected chi connectivity index (χ3v) is 7.12. The molecule has 2 aromatic carbocycles. The lowest BCUT2D eigenvalue weighted by Gasteiger charge is -2.23. The van der Waals surface area contributed by atoms with Gasteiger partial charge < -0.3 is 9.47 Å². The number of thiazole rings is 1. The zero-order valence-electron chi connectivity index (χ0n) is 19.4. The van der Waals surface area contributed by atoms with Gasteiger partial charge in [-0.2, -0.15) is 0 Å². The molecule has 2 aromatic heterocycles. The van der Waals surface area contributed by atoms with Crippen LogP contribution in [-0.4, -0.2) is 48.1 Å². The first-order valence-electron chi connectivity index (χ1n) is 11.2. The molecule has 1 amide bonds. The zero-order valence-corrected chi connectivity index (χ0v) is 20.2. The third-order valence-electron chi connectivity index (χ3n) is 6.12. The van der Waals surface area contributed by atoms with Gasteiger partial charge in [0.25, 0.3) is 5.91 Å². The highest BCUT2D eigenvalue weighted by Gasteiger charge is 2.22. The Bertz CT molecular complexity index is 1370. The summed E-state index contributed by atoms with van der Waals surface area (Å²) in [6.45, 7) is 5.07. The number of carbonyl (C=O) groups is 1. The Kier molecular flexibility index (Phi) is 6.17. The normalized spacial score (nSPS) is 13.5. The van der Waals surface area contributed by atoms with Crippen molar-refractivity contribution in [1.29, 1.82) is 0 Å². The molecular weight excluding hydrogens is 448 g/mol. The maximum atomic E-state index is 13.4. The number of pyridine rings is 1. The summed E-state index contributed by atoms with van der Waals surface area (Å²) in [5.74, 6) is 1.05. The van der Waals surface area contributed by atoms with Gasteiger partial charge in [-0.05, 0) is 36.9 Å². The molecule has 7 nitrogen and oxygen atoms in total. The van der Waals surface area contributed by atoms with Gasteiger partial charge >= 0.3 is 0 Å². The molecule has 0 saturated carbocycles. The van der Waals surface area contributed by atoms with E-state index in [0.717, 1.165) is 48.2 Å². The van der Waals surface area contributed by atoms with Crippen LogP contribution in [0.3, 0.4) is 0 Å². The van der Waals surface area contributed by atoms with Crippen molar-refractivity contribution in [3.63, 3.8) is 0 Å². The molecule has 0 bridgehead atoms. The number of amides is 1. The number of aromatic nitrogens is 2. The van der Waals surface area contributed by atoms with E-state index >= 15 is 0 Å². The maximum Gasteiger partial charge on any atom is 0.258 e. The Morgan fingerprint density at radius 2 is 1.91 bits per heavy atom. The number of hydrogen-bond donors (Lipinski definition) is 1. The third kappa shape index (κ3) is 4.22. The second-order valence-electron chi connectivity index (χ2n) is 8.10. The molecule has 0 atom stereocenters. The molecule has 0 aliphatic carbocycles. The molecule has 0 saturated heterocycles. The summed E-state index contributed by atoms with van der Waals surface area (Å²) in [4.78, 5) is 26.6. The SMILES string of the molecule is CCN1CCc2nc(NC(=O)c3cc(-c4ccc(OC)c(OC)c4)nc4ccccc34)sc2C1. The quantitative estimate of drug-likeness (QED) is 0.424. The largest absolute Gasteiger partial charge is 0.493 e. The van der Waals surface area contributed by atoms with Crippen LogP contribution in [0.2, 0.25) is 0 Å². The van der Waals surface area contributed by atoms with Crippen LogP contribution in [0.4, 0.5) is 5.13 Å². The van der Waals surface area contributed by atoms with E-state index in [0.29, 0.717) is 27.9 Å². The molecule has 0 fully saturated rings. The molecule has 0 radical (unpaired) electrons. The van der Waals surface area contributed by atoms with E-state index in [2.05, 4.69) is 17.1 Å². The van der Waals surface area contributed by atoms with Crippen LogP contribution in [0.25, 0.3) is 22.2 Å². The molecule has 3 heterocycles. The number of anilines is 1. The van der Waals surface area contributed by atoms with E-state index in [1.54, 1.807) is 25.6 Å². The van der Waals surface area contributed by atoms with Gasteiger partial charge in [0.2, 0.25) is 0 Å². The fourth-order valence-corrected chi connectivity index (χ4v) is 5.29. The zero-order chi connectivity index (χ0) is 23.7. The number of ether oxygens (including phenoxy) is 2. The van der Waals surface area contributed by atoms with Gasteiger partial charge in [0.05, 0.1) is 36.7 Å². The Labute approximate surface area is 202 Å². The molecule has 1 aliphatic heterocycles. The number of rotatable bonds is 6. The molecule has 1 aliphatic rings. The van der Waals surface area contributed by atoms with Crippen molar-refractivity contribution >= 4 is 33.3 Å². The highest BCUT2D eigenvalue weighted by Crippen LogP contribution is 2.34. The van der Waals surface area contributed by atoms with Crippen molar-refractivity contribution in [2.45, 2.75) is 19.9 Å². The van der Waals surface area contributed by atoms with Gasteiger partial charge in [0.1, 0.15) is 0 Å². The predicted octanol–water partition coefficient (Wildman–Crippen LogP) is 5.01. The van der Waals surface area contributed by atoms with Crippen LogP contribution in [0.15, 0.2) is 48.5 Å². The Balaban J connectivity index is 1.51. The molecule has 0 spiro atoms. The number of nitrogens with one attached hydrogen (secondary N) is 1. The lowest BCUT2D eigenvalue weighted by Crippen LogP contribution is -2.29. The first kappa shape index (κ1) is 22.3. The van der Waals surface area contributed by atoms with Crippen molar-refractivity contribution in [3.05, 3.63) is 64.7 Å². The lowest BCUT2D eigenvalue weighted by molar-refractivity contribution is 0.102. The summed E-state index contributed by atoms with van der Waals surface area (Å²) in [7, 11) is 3.20. The molecule has 1 N–H and O–H groups in total. The van der Waals surface area contributed by atoms with Crippen LogP contribution in [0, 0.1) is 0 Å². The summed E-state index contributed by atoms with van der Waals surface area (Å²) < 4.78 is 10.8. The molecular formula is C26H26N4O3S. The standard InChI is InChI=1S/C26H26N4O3S/c1-4-30-12-11-20-24(15-30)34-26(28-20)29-25(31)18-14-21(27-19-8-6-5-7-17(18)19)16-9-10-22(32-2)23(13-16)33-3/h5-10,13-14H,4,11-12,15H2,1-3H3,(H,28,29,31). The first-order chi connectivity index (χ1) is 16.6. The number of fused-ring (bicyclic) bond motifs is 2. The second kappa shape index (κ2) is 9.40. The van der Waals surface area contributed by atoms with Crippen molar-refractivity contribution in [2.24, 2.45) is 0 Å². The molecule has 5 rings (SSSR count). The fraction of sp³-hybridized carbons (Fsp3) is 0.269. The number of methoxy groups -OCH3 is 2. The highest BCUT2D eigenvalue weighted by molar-refractivity contribution is 7.15. The average Bonchev–Trinajstić information content (AvgIpc) is 3.28. The number of nitrogens with zero attached hydrogens (tertiary/aromatic N) is 3. The van der Waals surface area contributed by atoms with Crippen molar-refractivity contribution < 1.29 is 14.3 Å². The average molecular weight is 475 g/mol. The van der Waals surface area contributed by atoms with E-state index < -0.39 is 0 Å². The van der Waals surface area contributed by atoms with Crippen LogP contribution >= 0.6 is 11.3 Å². The van der Waals surface area contributed by atoms with Crippen LogP contribution in [0.5, 0.6) is 11.5 Å². The Morgan fingerprint density at radius 3 is 2.71 bits per heavy atom. The van der Waals surface area contributed by atoms with E-state index in [9.17, 15) is 4.79 Å². The molecule has 0 unspecified atom stereocenters. The second-order valence-corrected chi connectivity index (χ2v) is 9.19. The Hall–Kier alpha value is -3.49. The summed E-state index contributed by atoms with van der Waals surface area (Å²) in [6.07, 6.45) is 0.914. The summed E-state index contributed by atoms with van der Waals surface area (Å²) in [5.41, 5.74) is 3.91. The van der Waals surface area contributed by atoms with E-state index in [1.165, 1.54) is 4.88 Å². The minimum Gasteiger partial charge on any atom is -0.493 e. The topological polar surface area (TPSA) is 76.6 Å². The van der Waals surface area contributed by atoms with E-state index in [-0.39, 0.29) is 5.91 Å². The van der Waals surface area contributed by atoms with Crippen molar-refractivity contribution in [3.8, 4) is 22.8 Å². The van der Waals surface area contributed by atoms with Gasteiger partial charge in [-0.15, -0.1) is 11.3 Å². The summed E-state index contributed by atoms with van der Waals surface area (Å²) in [6, 6.07) is 15.1. The predicted molar refractivity (Wildman–Crippen MR) is 135 cm³/mol. The number of carbonyl (C=O) groups excluding carboxylic acids is 1.